The fourth-order valence-corrected chi connectivity index (χ4v) is 1.77. The molecule has 0 aliphatic heterocycles. The molecule has 0 aromatic heterocycles. The number of aliphatic carboxylic acids is 1. The minimum Gasteiger partial charge on any atom is -0.484 e. The maximum absolute atomic E-state index is 11.9. The summed E-state index contributed by atoms with van der Waals surface area (Å²) in [5.74, 6) is -0.646. The summed E-state index contributed by atoms with van der Waals surface area (Å²) in [5, 5.41) is 11.6. The molecule has 1 unspecified atom stereocenters. The number of ether oxygens (including phenoxy) is 1. The standard InChI is InChI=1S/C16H23NO4/c1-11-5-7-12(8-6-11)21-10-14(18)17-13(9-15(19)20)16(2,3)4/h5-8,13H,9-10H2,1-4H3,(H,17,18)(H,19,20). The summed E-state index contributed by atoms with van der Waals surface area (Å²) in [6.45, 7) is 7.51. The van der Waals surface area contributed by atoms with Gasteiger partial charge in [-0.2, -0.15) is 0 Å². The summed E-state index contributed by atoms with van der Waals surface area (Å²) >= 11 is 0. The average molecular weight is 293 g/mol. The van der Waals surface area contributed by atoms with Crippen LogP contribution in [0, 0.1) is 12.3 Å². The van der Waals surface area contributed by atoms with E-state index in [9.17, 15) is 9.59 Å². The van der Waals surface area contributed by atoms with Gasteiger partial charge in [0, 0.05) is 6.04 Å². The predicted molar refractivity (Wildman–Crippen MR) is 80.3 cm³/mol. The Morgan fingerprint density at radius 2 is 1.81 bits per heavy atom. The van der Waals surface area contributed by atoms with E-state index in [0.29, 0.717) is 5.75 Å². The van der Waals surface area contributed by atoms with Crippen molar-refractivity contribution in [2.75, 3.05) is 6.61 Å². The van der Waals surface area contributed by atoms with Crippen LogP contribution in [-0.2, 0) is 9.59 Å². The summed E-state index contributed by atoms with van der Waals surface area (Å²) < 4.78 is 5.38. The third-order valence-electron chi connectivity index (χ3n) is 3.15. The van der Waals surface area contributed by atoms with Crippen molar-refractivity contribution in [1.29, 1.82) is 0 Å². The third kappa shape index (κ3) is 6.29. The highest BCUT2D eigenvalue weighted by molar-refractivity contribution is 5.79. The topological polar surface area (TPSA) is 75.6 Å². The van der Waals surface area contributed by atoms with Gasteiger partial charge in [0.15, 0.2) is 6.61 Å². The first-order chi connectivity index (χ1) is 9.68. The Bertz CT molecular complexity index is 488. The van der Waals surface area contributed by atoms with E-state index in [1.807, 2.05) is 39.8 Å². The number of aryl methyl sites for hydroxylation is 1. The highest BCUT2D eigenvalue weighted by atomic mass is 16.5. The molecule has 0 saturated heterocycles. The molecule has 0 radical (unpaired) electrons. The lowest BCUT2D eigenvalue weighted by molar-refractivity contribution is -0.138. The van der Waals surface area contributed by atoms with Gasteiger partial charge < -0.3 is 15.2 Å². The molecule has 116 valence electrons. The van der Waals surface area contributed by atoms with Gasteiger partial charge in [-0.25, -0.2) is 0 Å². The van der Waals surface area contributed by atoms with Crippen molar-refractivity contribution < 1.29 is 19.4 Å². The van der Waals surface area contributed by atoms with E-state index in [4.69, 9.17) is 9.84 Å². The van der Waals surface area contributed by atoms with Crippen LogP contribution in [0.15, 0.2) is 24.3 Å². The van der Waals surface area contributed by atoms with Gasteiger partial charge in [0.05, 0.1) is 6.42 Å². The molecular formula is C16H23NO4. The van der Waals surface area contributed by atoms with Crippen LogP contribution in [-0.4, -0.2) is 29.6 Å². The van der Waals surface area contributed by atoms with Crippen LogP contribution in [0.3, 0.4) is 0 Å². The predicted octanol–water partition coefficient (Wildman–Crippen LogP) is 2.38. The number of hydrogen-bond acceptors (Lipinski definition) is 3. The number of amides is 1. The van der Waals surface area contributed by atoms with Gasteiger partial charge in [0.1, 0.15) is 5.75 Å². The van der Waals surface area contributed by atoms with Crippen LogP contribution in [0.25, 0.3) is 0 Å². The summed E-state index contributed by atoms with van der Waals surface area (Å²) in [4.78, 5) is 22.8. The maximum Gasteiger partial charge on any atom is 0.305 e. The monoisotopic (exact) mass is 293 g/mol. The molecule has 0 spiro atoms. The minimum absolute atomic E-state index is 0.111. The fourth-order valence-electron chi connectivity index (χ4n) is 1.77. The van der Waals surface area contributed by atoms with Gasteiger partial charge >= 0.3 is 5.97 Å². The van der Waals surface area contributed by atoms with E-state index in [1.54, 1.807) is 12.1 Å². The molecule has 5 nitrogen and oxygen atoms in total. The lowest BCUT2D eigenvalue weighted by Crippen LogP contribution is -2.46. The van der Waals surface area contributed by atoms with Crippen LogP contribution in [0.5, 0.6) is 5.75 Å². The first-order valence-electron chi connectivity index (χ1n) is 6.89. The molecule has 1 aromatic rings. The zero-order valence-corrected chi connectivity index (χ0v) is 13.0. The molecule has 0 saturated carbocycles. The highest BCUT2D eigenvalue weighted by Gasteiger charge is 2.28. The first-order valence-corrected chi connectivity index (χ1v) is 6.89. The largest absolute Gasteiger partial charge is 0.484 e. The third-order valence-corrected chi connectivity index (χ3v) is 3.15. The summed E-state index contributed by atoms with van der Waals surface area (Å²) in [6.07, 6.45) is -0.111. The normalized spacial score (nSPS) is 12.6. The van der Waals surface area contributed by atoms with Crippen molar-refractivity contribution >= 4 is 11.9 Å². The van der Waals surface area contributed by atoms with Gasteiger partial charge in [-0.3, -0.25) is 9.59 Å². The Hall–Kier alpha value is -2.04. The number of nitrogens with one attached hydrogen (secondary N) is 1. The number of benzene rings is 1. The molecule has 5 heteroatoms. The van der Waals surface area contributed by atoms with E-state index in [2.05, 4.69) is 5.32 Å². The number of rotatable bonds is 6. The average Bonchev–Trinajstić information content (AvgIpc) is 2.36. The smallest absolute Gasteiger partial charge is 0.305 e. The van der Waals surface area contributed by atoms with Gasteiger partial charge in [-0.15, -0.1) is 0 Å². The van der Waals surface area contributed by atoms with Gasteiger partial charge in [0.25, 0.3) is 5.91 Å². The summed E-state index contributed by atoms with van der Waals surface area (Å²) in [7, 11) is 0. The molecule has 0 fully saturated rings. The molecule has 21 heavy (non-hydrogen) atoms. The second kappa shape index (κ2) is 7.11. The van der Waals surface area contributed by atoms with Crippen molar-refractivity contribution in [2.45, 2.75) is 40.2 Å². The number of carboxylic acids is 1. The fraction of sp³-hybridized carbons (Fsp3) is 0.500. The molecule has 0 bridgehead atoms. The Balaban J connectivity index is 2.54. The highest BCUT2D eigenvalue weighted by Crippen LogP contribution is 2.21. The molecular weight excluding hydrogens is 270 g/mol. The molecule has 1 atom stereocenters. The molecule has 0 aliphatic carbocycles. The Morgan fingerprint density at radius 1 is 1.24 bits per heavy atom. The molecule has 2 N–H and O–H groups in total. The molecule has 1 rings (SSSR count). The van der Waals surface area contributed by atoms with Crippen LogP contribution in [0.1, 0.15) is 32.8 Å². The van der Waals surface area contributed by atoms with E-state index < -0.39 is 12.0 Å². The maximum atomic E-state index is 11.9. The van der Waals surface area contributed by atoms with Crippen molar-refractivity contribution in [3.8, 4) is 5.75 Å². The molecule has 1 aromatic carbocycles. The van der Waals surface area contributed by atoms with Crippen molar-refractivity contribution in [3.05, 3.63) is 29.8 Å². The van der Waals surface area contributed by atoms with Crippen LogP contribution in [0.2, 0.25) is 0 Å². The van der Waals surface area contributed by atoms with Crippen molar-refractivity contribution in [2.24, 2.45) is 5.41 Å². The SMILES string of the molecule is Cc1ccc(OCC(=O)NC(CC(=O)O)C(C)(C)C)cc1. The Kier molecular flexibility index (Phi) is 5.76. The second-order valence-corrected chi connectivity index (χ2v) is 6.19. The number of carbonyl (C=O) groups excluding carboxylic acids is 1. The quantitative estimate of drug-likeness (QED) is 0.844. The molecule has 0 heterocycles. The first kappa shape index (κ1) is 17.0. The second-order valence-electron chi connectivity index (χ2n) is 6.19. The van der Waals surface area contributed by atoms with Gasteiger partial charge in [-0.05, 0) is 24.5 Å². The zero-order valence-electron chi connectivity index (χ0n) is 13.0. The summed E-state index contributed by atoms with van der Waals surface area (Å²) in [6, 6.07) is 6.94. The van der Waals surface area contributed by atoms with Crippen LogP contribution < -0.4 is 10.1 Å². The van der Waals surface area contributed by atoms with Crippen LogP contribution >= 0.6 is 0 Å². The van der Waals surface area contributed by atoms with E-state index >= 15 is 0 Å². The molecule has 1 amide bonds. The zero-order chi connectivity index (χ0) is 16.0. The number of carbonyl (C=O) groups is 2. The van der Waals surface area contributed by atoms with Crippen LogP contribution in [0.4, 0.5) is 0 Å². The lowest BCUT2D eigenvalue weighted by Gasteiger charge is -2.30. The number of carboxylic acid groups (broad SMARTS) is 1. The van der Waals surface area contributed by atoms with Gasteiger partial charge in [-0.1, -0.05) is 38.5 Å². The van der Waals surface area contributed by atoms with E-state index in [1.165, 1.54) is 0 Å². The Morgan fingerprint density at radius 3 is 2.29 bits per heavy atom. The Labute approximate surface area is 125 Å². The minimum atomic E-state index is -0.935. The van der Waals surface area contributed by atoms with Gasteiger partial charge in [0.2, 0.25) is 0 Å². The van der Waals surface area contributed by atoms with E-state index in [-0.39, 0.29) is 24.3 Å². The van der Waals surface area contributed by atoms with Crippen molar-refractivity contribution in [1.82, 2.24) is 5.32 Å². The molecule has 0 aliphatic rings. The lowest BCUT2D eigenvalue weighted by atomic mass is 9.85. The van der Waals surface area contributed by atoms with Crippen molar-refractivity contribution in [3.63, 3.8) is 0 Å². The summed E-state index contributed by atoms with van der Waals surface area (Å²) in [5.41, 5.74) is 0.777. The number of hydrogen-bond donors (Lipinski definition) is 2. The van der Waals surface area contributed by atoms with E-state index in [0.717, 1.165) is 5.56 Å².